The quantitative estimate of drug-likeness (QED) is 0.809. The molecule has 2 aromatic carbocycles. The van der Waals surface area contributed by atoms with Gasteiger partial charge in [0.2, 0.25) is 0 Å². The Bertz CT molecular complexity index is 748. The van der Waals surface area contributed by atoms with Gasteiger partial charge in [0, 0.05) is 24.3 Å². The smallest absolute Gasteiger partial charge is 0.251 e. The van der Waals surface area contributed by atoms with Gasteiger partial charge in [0.05, 0.1) is 12.6 Å². The Morgan fingerprint density at radius 2 is 2.00 bits per heavy atom. The SMILES string of the molecule is CCO[C@@H]1COCC[C@H]1NC(=O)c1ccc(OCc2ccccc2F)cc1. The number of nitrogens with one attached hydrogen (secondary N) is 1. The average Bonchev–Trinajstić information content (AvgIpc) is 2.69. The molecule has 144 valence electrons. The fraction of sp³-hybridized carbons (Fsp3) is 0.381. The number of ether oxygens (including phenoxy) is 3. The summed E-state index contributed by atoms with van der Waals surface area (Å²) in [7, 11) is 0. The van der Waals surface area contributed by atoms with Crippen LogP contribution in [0.3, 0.4) is 0 Å². The van der Waals surface area contributed by atoms with Gasteiger partial charge in [-0.2, -0.15) is 0 Å². The summed E-state index contributed by atoms with van der Waals surface area (Å²) in [6.07, 6.45) is 0.594. The Kier molecular flexibility index (Phi) is 6.79. The van der Waals surface area contributed by atoms with Crippen LogP contribution in [-0.4, -0.2) is 37.9 Å². The molecule has 0 aromatic heterocycles. The van der Waals surface area contributed by atoms with E-state index >= 15 is 0 Å². The summed E-state index contributed by atoms with van der Waals surface area (Å²) >= 11 is 0. The van der Waals surface area contributed by atoms with Gasteiger partial charge in [0.1, 0.15) is 24.3 Å². The molecule has 27 heavy (non-hydrogen) atoms. The van der Waals surface area contributed by atoms with Crippen molar-refractivity contribution in [2.24, 2.45) is 0 Å². The molecule has 6 heteroatoms. The van der Waals surface area contributed by atoms with Crippen LogP contribution in [0.25, 0.3) is 0 Å². The van der Waals surface area contributed by atoms with Crippen molar-refractivity contribution in [3.63, 3.8) is 0 Å². The van der Waals surface area contributed by atoms with E-state index < -0.39 is 0 Å². The van der Waals surface area contributed by atoms with Crippen molar-refractivity contribution in [1.82, 2.24) is 5.32 Å². The van der Waals surface area contributed by atoms with Crippen molar-refractivity contribution in [2.45, 2.75) is 32.1 Å². The van der Waals surface area contributed by atoms with Crippen LogP contribution in [0.1, 0.15) is 29.3 Å². The predicted molar refractivity (Wildman–Crippen MR) is 99.3 cm³/mol. The molecular weight excluding hydrogens is 349 g/mol. The maximum atomic E-state index is 13.6. The topological polar surface area (TPSA) is 56.8 Å². The van der Waals surface area contributed by atoms with Crippen LogP contribution in [0.5, 0.6) is 5.75 Å². The van der Waals surface area contributed by atoms with Crippen molar-refractivity contribution in [3.05, 3.63) is 65.5 Å². The number of halogens is 1. The minimum Gasteiger partial charge on any atom is -0.489 e. The summed E-state index contributed by atoms with van der Waals surface area (Å²) in [4.78, 5) is 12.5. The van der Waals surface area contributed by atoms with Gasteiger partial charge in [-0.1, -0.05) is 18.2 Å². The highest BCUT2D eigenvalue weighted by molar-refractivity contribution is 5.94. The fourth-order valence-corrected chi connectivity index (χ4v) is 2.99. The van der Waals surface area contributed by atoms with Crippen LogP contribution >= 0.6 is 0 Å². The van der Waals surface area contributed by atoms with Crippen LogP contribution < -0.4 is 10.1 Å². The lowest BCUT2D eigenvalue weighted by atomic mass is 10.1. The van der Waals surface area contributed by atoms with Gasteiger partial charge in [-0.3, -0.25) is 4.79 Å². The van der Waals surface area contributed by atoms with Crippen molar-refractivity contribution >= 4 is 5.91 Å². The van der Waals surface area contributed by atoms with E-state index in [-0.39, 0.29) is 30.5 Å². The normalized spacial score (nSPS) is 19.5. The molecule has 1 amide bonds. The molecule has 0 bridgehead atoms. The maximum absolute atomic E-state index is 13.6. The first kappa shape index (κ1) is 19.3. The highest BCUT2D eigenvalue weighted by Crippen LogP contribution is 2.17. The molecule has 5 nitrogen and oxygen atoms in total. The highest BCUT2D eigenvalue weighted by atomic mass is 19.1. The van der Waals surface area contributed by atoms with Crippen molar-refractivity contribution < 1.29 is 23.4 Å². The summed E-state index contributed by atoms with van der Waals surface area (Å²) in [5, 5.41) is 3.02. The second-order valence-electron chi connectivity index (χ2n) is 6.34. The zero-order valence-electron chi connectivity index (χ0n) is 15.3. The third-order valence-corrected chi connectivity index (χ3v) is 4.47. The summed E-state index contributed by atoms with van der Waals surface area (Å²) in [5.41, 5.74) is 1.02. The summed E-state index contributed by atoms with van der Waals surface area (Å²) in [6.45, 7) is 3.73. The molecule has 3 rings (SSSR count). The molecule has 1 aliphatic rings. The maximum Gasteiger partial charge on any atom is 0.251 e. The molecular formula is C21H24FNO4. The predicted octanol–water partition coefficient (Wildman–Crippen LogP) is 3.33. The van der Waals surface area contributed by atoms with Crippen LogP contribution in [0.2, 0.25) is 0 Å². The number of carbonyl (C=O) groups is 1. The molecule has 2 aromatic rings. The average molecular weight is 373 g/mol. The number of hydrogen-bond acceptors (Lipinski definition) is 4. The third-order valence-electron chi connectivity index (χ3n) is 4.47. The summed E-state index contributed by atoms with van der Waals surface area (Å²) in [6, 6.07) is 13.2. The van der Waals surface area contributed by atoms with E-state index in [4.69, 9.17) is 14.2 Å². The molecule has 0 spiro atoms. The van der Waals surface area contributed by atoms with Crippen LogP contribution in [0, 0.1) is 5.82 Å². The number of amides is 1. The van der Waals surface area contributed by atoms with Crippen molar-refractivity contribution in [1.29, 1.82) is 0 Å². The summed E-state index contributed by atoms with van der Waals surface area (Å²) in [5.74, 6) is 0.120. The number of benzene rings is 2. The minimum absolute atomic E-state index is 0.0665. The number of rotatable bonds is 7. The van der Waals surface area contributed by atoms with Gasteiger partial charge in [0.25, 0.3) is 5.91 Å². The van der Waals surface area contributed by atoms with Gasteiger partial charge in [0.15, 0.2) is 0 Å². The molecule has 0 saturated carbocycles. The number of carbonyl (C=O) groups excluding carboxylic acids is 1. The Morgan fingerprint density at radius 3 is 2.74 bits per heavy atom. The van der Waals surface area contributed by atoms with E-state index in [1.807, 2.05) is 6.92 Å². The van der Waals surface area contributed by atoms with Gasteiger partial charge in [-0.15, -0.1) is 0 Å². The molecule has 1 fully saturated rings. The van der Waals surface area contributed by atoms with E-state index in [1.54, 1.807) is 42.5 Å². The Balaban J connectivity index is 1.56. The first-order chi connectivity index (χ1) is 13.2. The molecule has 2 atom stereocenters. The Morgan fingerprint density at radius 1 is 1.22 bits per heavy atom. The Hall–Kier alpha value is -2.44. The van der Waals surface area contributed by atoms with Gasteiger partial charge < -0.3 is 19.5 Å². The first-order valence-corrected chi connectivity index (χ1v) is 9.14. The van der Waals surface area contributed by atoms with Crippen molar-refractivity contribution in [2.75, 3.05) is 19.8 Å². The van der Waals surface area contributed by atoms with E-state index in [9.17, 15) is 9.18 Å². The van der Waals surface area contributed by atoms with Crippen molar-refractivity contribution in [3.8, 4) is 5.75 Å². The molecule has 1 heterocycles. The van der Waals surface area contributed by atoms with Crippen LogP contribution in [0.4, 0.5) is 4.39 Å². The van der Waals surface area contributed by atoms with Gasteiger partial charge in [-0.25, -0.2) is 4.39 Å². The van der Waals surface area contributed by atoms with Gasteiger partial charge in [-0.05, 0) is 43.7 Å². The van der Waals surface area contributed by atoms with E-state index in [1.165, 1.54) is 6.07 Å². The summed E-state index contributed by atoms with van der Waals surface area (Å²) < 4.78 is 30.3. The van der Waals surface area contributed by atoms with Crippen LogP contribution in [0.15, 0.2) is 48.5 Å². The Labute approximate surface area is 158 Å². The highest BCUT2D eigenvalue weighted by Gasteiger charge is 2.27. The molecule has 1 saturated heterocycles. The van der Waals surface area contributed by atoms with Gasteiger partial charge >= 0.3 is 0 Å². The van der Waals surface area contributed by atoms with E-state index in [0.29, 0.717) is 36.7 Å². The standard InChI is InChI=1S/C21H24FNO4/c1-2-26-20-14-25-12-11-19(20)23-21(24)15-7-9-17(10-8-15)27-13-16-5-3-4-6-18(16)22/h3-10,19-20H,2,11-14H2,1H3,(H,23,24)/t19-,20-/m1/s1. The van der Waals surface area contributed by atoms with E-state index in [2.05, 4.69) is 5.32 Å². The second-order valence-corrected chi connectivity index (χ2v) is 6.34. The monoisotopic (exact) mass is 373 g/mol. The molecule has 0 aliphatic carbocycles. The van der Waals surface area contributed by atoms with E-state index in [0.717, 1.165) is 6.42 Å². The largest absolute Gasteiger partial charge is 0.489 e. The molecule has 1 N–H and O–H groups in total. The minimum atomic E-state index is -0.297. The molecule has 1 aliphatic heterocycles. The lowest BCUT2D eigenvalue weighted by Gasteiger charge is -2.31. The first-order valence-electron chi connectivity index (χ1n) is 9.14. The zero-order valence-corrected chi connectivity index (χ0v) is 15.3. The lowest BCUT2D eigenvalue weighted by molar-refractivity contribution is -0.0632. The van der Waals surface area contributed by atoms with Crippen LogP contribution in [-0.2, 0) is 16.1 Å². The number of hydrogen-bond donors (Lipinski definition) is 1. The molecule has 0 unspecified atom stereocenters. The fourth-order valence-electron chi connectivity index (χ4n) is 2.99. The third kappa shape index (κ3) is 5.28. The zero-order chi connectivity index (χ0) is 19.1. The second kappa shape index (κ2) is 9.48. The lowest BCUT2D eigenvalue weighted by Crippen LogP contribution is -2.50. The molecule has 0 radical (unpaired) electrons.